The molecule has 0 amide bonds. The number of hydrogen-bond acceptors (Lipinski definition) is 5. The number of halogens is 3. The van der Waals surface area contributed by atoms with E-state index in [4.69, 9.17) is 0 Å². The van der Waals surface area contributed by atoms with Crippen LogP contribution >= 0.6 is 0 Å². The molecule has 156 valence electrons. The molecule has 1 fully saturated rings. The fraction of sp³-hybridized carbons (Fsp3) is 0.529. The topological polar surface area (TPSA) is 105 Å². The van der Waals surface area contributed by atoms with Gasteiger partial charge in [-0.05, 0) is 30.7 Å². The van der Waals surface area contributed by atoms with Gasteiger partial charge in [-0.3, -0.25) is 4.40 Å². The van der Waals surface area contributed by atoms with Gasteiger partial charge in [0.15, 0.2) is 17.0 Å². The third kappa shape index (κ3) is 3.98. The van der Waals surface area contributed by atoms with Crippen molar-refractivity contribution in [3.05, 3.63) is 24.3 Å². The summed E-state index contributed by atoms with van der Waals surface area (Å²) >= 11 is 0. The molecule has 0 radical (unpaired) electrons. The van der Waals surface area contributed by atoms with E-state index in [1.807, 2.05) is 17.4 Å². The average Bonchev–Trinajstić information content (AvgIpc) is 3.33. The van der Waals surface area contributed by atoms with Crippen LogP contribution in [0.5, 0.6) is 0 Å². The predicted octanol–water partition coefficient (Wildman–Crippen LogP) is 3.09. The van der Waals surface area contributed by atoms with Crippen molar-refractivity contribution in [1.82, 2.24) is 24.6 Å². The highest BCUT2D eigenvalue weighted by atomic mass is 32.2. The number of nitrogens with zero attached hydrogens (tertiary/aromatic N) is 5. The summed E-state index contributed by atoms with van der Waals surface area (Å²) in [4.78, 5) is 7.33. The molecule has 0 spiro atoms. The van der Waals surface area contributed by atoms with Gasteiger partial charge in [0.25, 0.3) is 10.0 Å². The summed E-state index contributed by atoms with van der Waals surface area (Å²) in [6, 6.07) is 1.88. The normalized spacial score (nSPS) is 23.7. The Morgan fingerprint density at radius 3 is 2.86 bits per heavy atom. The Labute approximate surface area is 164 Å². The van der Waals surface area contributed by atoms with Crippen molar-refractivity contribution < 1.29 is 21.6 Å². The van der Waals surface area contributed by atoms with Crippen molar-refractivity contribution in [2.24, 2.45) is 16.2 Å². The number of aromatic amines is 1. The van der Waals surface area contributed by atoms with Crippen molar-refractivity contribution >= 4 is 33.0 Å². The van der Waals surface area contributed by atoms with Crippen molar-refractivity contribution in [2.45, 2.75) is 38.3 Å². The van der Waals surface area contributed by atoms with Gasteiger partial charge in [0.05, 0.1) is 11.7 Å². The molecule has 0 bridgehead atoms. The first-order valence-electron chi connectivity index (χ1n) is 9.19. The van der Waals surface area contributed by atoms with Crippen LogP contribution in [0.15, 0.2) is 22.9 Å². The Balaban J connectivity index is 1.62. The smallest absolute Gasteiger partial charge is 0.345 e. The fourth-order valence-corrected chi connectivity index (χ4v) is 4.96. The number of H-pyrrole nitrogens is 1. The average molecular weight is 428 g/mol. The molecule has 3 aromatic rings. The summed E-state index contributed by atoms with van der Waals surface area (Å²) in [6.45, 7) is 2.02. The van der Waals surface area contributed by atoms with Crippen LogP contribution in [-0.2, 0) is 10.0 Å². The number of sulfonamides is 1. The van der Waals surface area contributed by atoms with Gasteiger partial charge < -0.3 is 4.98 Å². The molecular formula is C17H19F3N6O2S. The molecule has 0 saturated heterocycles. The van der Waals surface area contributed by atoms with Gasteiger partial charge in [-0.15, -0.1) is 10.2 Å². The van der Waals surface area contributed by atoms with E-state index in [-0.39, 0.29) is 17.8 Å². The zero-order chi connectivity index (χ0) is 20.8. The molecule has 0 aromatic carbocycles. The second-order valence-electron chi connectivity index (χ2n) is 7.32. The van der Waals surface area contributed by atoms with Crippen molar-refractivity contribution in [2.75, 3.05) is 5.75 Å². The van der Waals surface area contributed by atoms with Crippen LogP contribution in [0.25, 0.3) is 16.8 Å². The first-order chi connectivity index (χ1) is 13.7. The lowest BCUT2D eigenvalue weighted by molar-refractivity contribution is -0.106. The first kappa shape index (κ1) is 19.8. The first-order valence-corrected chi connectivity index (χ1v) is 10.8. The third-order valence-electron chi connectivity index (χ3n) is 5.33. The quantitative estimate of drug-likeness (QED) is 0.629. The lowest BCUT2D eigenvalue weighted by atomic mass is 9.93. The van der Waals surface area contributed by atoms with Gasteiger partial charge in [0.1, 0.15) is 5.82 Å². The van der Waals surface area contributed by atoms with E-state index in [2.05, 4.69) is 24.6 Å². The molecule has 1 saturated carbocycles. The molecule has 1 unspecified atom stereocenters. The summed E-state index contributed by atoms with van der Waals surface area (Å²) in [5.74, 6) is -1.28. The lowest BCUT2D eigenvalue weighted by Gasteiger charge is -2.16. The number of fused-ring (bicyclic) bond motifs is 3. The maximum atomic E-state index is 12.4. The number of nitrogens with one attached hydrogen (secondary N) is 1. The van der Waals surface area contributed by atoms with Crippen molar-refractivity contribution in [3.63, 3.8) is 0 Å². The number of aromatic nitrogens is 5. The van der Waals surface area contributed by atoms with Crippen LogP contribution in [0.1, 0.15) is 37.9 Å². The SMILES string of the molecule is CC[C@@H]1CC(/C=N/S(=O)(=O)CC(F)(F)F)C[C@@H]1c1nnc2cnc3[nH]ccc3n12. The molecule has 1 aliphatic carbocycles. The van der Waals surface area contributed by atoms with Crippen LogP contribution in [0.3, 0.4) is 0 Å². The maximum Gasteiger partial charge on any atom is 0.404 e. The van der Waals surface area contributed by atoms with E-state index in [1.54, 1.807) is 12.4 Å². The summed E-state index contributed by atoms with van der Waals surface area (Å²) in [5.41, 5.74) is 2.13. The summed E-state index contributed by atoms with van der Waals surface area (Å²) < 4.78 is 65.6. The van der Waals surface area contributed by atoms with E-state index in [0.717, 1.165) is 24.0 Å². The van der Waals surface area contributed by atoms with Gasteiger partial charge in [0, 0.05) is 18.3 Å². The van der Waals surface area contributed by atoms with Crippen LogP contribution < -0.4 is 0 Å². The van der Waals surface area contributed by atoms with E-state index in [9.17, 15) is 21.6 Å². The third-order valence-corrected chi connectivity index (χ3v) is 6.47. The zero-order valence-electron chi connectivity index (χ0n) is 15.5. The minimum Gasteiger partial charge on any atom is -0.345 e. The second kappa shape index (κ2) is 7.08. The van der Waals surface area contributed by atoms with E-state index in [1.165, 1.54) is 0 Å². The van der Waals surface area contributed by atoms with E-state index < -0.39 is 22.0 Å². The molecule has 1 aliphatic rings. The molecule has 8 nitrogen and oxygen atoms in total. The van der Waals surface area contributed by atoms with Gasteiger partial charge in [0.2, 0.25) is 0 Å². The molecule has 12 heteroatoms. The highest BCUT2D eigenvalue weighted by molar-refractivity contribution is 7.90. The predicted molar refractivity (Wildman–Crippen MR) is 100 cm³/mol. The number of hydrogen-bond donors (Lipinski definition) is 1. The maximum absolute atomic E-state index is 12.4. The molecule has 4 rings (SSSR count). The largest absolute Gasteiger partial charge is 0.404 e. The zero-order valence-corrected chi connectivity index (χ0v) is 16.3. The Bertz CT molecular complexity index is 1170. The minimum atomic E-state index is -4.81. The van der Waals surface area contributed by atoms with E-state index in [0.29, 0.717) is 24.1 Å². The summed E-state index contributed by atoms with van der Waals surface area (Å²) in [7, 11) is -4.58. The Morgan fingerprint density at radius 2 is 2.14 bits per heavy atom. The highest BCUT2D eigenvalue weighted by Gasteiger charge is 2.38. The van der Waals surface area contributed by atoms with Crippen LogP contribution in [0.2, 0.25) is 0 Å². The van der Waals surface area contributed by atoms with Crippen molar-refractivity contribution in [3.8, 4) is 0 Å². The summed E-state index contributed by atoms with van der Waals surface area (Å²) in [6.07, 6.45) is 1.72. The molecule has 3 atom stereocenters. The molecule has 29 heavy (non-hydrogen) atoms. The van der Waals surface area contributed by atoms with Crippen LogP contribution in [0.4, 0.5) is 13.2 Å². The van der Waals surface area contributed by atoms with Gasteiger partial charge >= 0.3 is 6.18 Å². The molecular weight excluding hydrogens is 409 g/mol. The molecule has 3 aromatic heterocycles. The fourth-order valence-electron chi connectivity index (χ4n) is 4.12. The Hall–Kier alpha value is -2.50. The summed E-state index contributed by atoms with van der Waals surface area (Å²) in [5, 5.41) is 8.54. The van der Waals surface area contributed by atoms with Crippen LogP contribution in [-0.4, -0.2) is 51.1 Å². The van der Waals surface area contributed by atoms with Crippen molar-refractivity contribution in [1.29, 1.82) is 0 Å². The van der Waals surface area contributed by atoms with Gasteiger partial charge in [-0.2, -0.15) is 17.6 Å². The van der Waals surface area contributed by atoms with Crippen LogP contribution in [0, 0.1) is 11.8 Å². The Kier molecular flexibility index (Phi) is 4.83. The lowest BCUT2D eigenvalue weighted by Crippen LogP contribution is -2.21. The molecule has 0 aliphatic heterocycles. The highest BCUT2D eigenvalue weighted by Crippen LogP contribution is 2.44. The standard InChI is InChI=1S/C17H19F3N6O2S/c1-2-11-5-10(7-23-29(27,28)9-17(18,19)20)6-12(11)16-25-24-14-8-22-15-13(26(14)16)3-4-21-15/h3-4,7-8,10-12,21H,2,5-6,9H2,1H3/b23-7+/t10?,11-,12+/m1/s1. The van der Waals surface area contributed by atoms with E-state index >= 15 is 0 Å². The number of alkyl halides is 3. The van der Waals surface area contributed by atoms with Gasteiger partial charge in [-0.1, -0.05) is 13.3 Å². The number of rotatable bonds is 5. The Morgan fingerprint density at radius 1 is 1.34 bits per heavy atom. The van der Waals surface area contributed by atoms with Gasteiger partial charge in [-0.25, -0.2) is 13.4 Å². The minimum absolute atomic E-state index is 0.0164. The molecule has 1 N–H and O–H groups in total. The monoisotopic (exact) mass is 428 g/mol. The molecule has 3 heterocycles. The second-order valence-corrected chi connectivity index (χ2v) is 8.99.